The Balaban J connectivity index is 2.35. The molecule has 0 bridgehead atoms. The first-order valence-electron chi connectivity index (χ1n) is 4.51. The molecule has 0 saturated carbocycles. The van der Waals surface area contributed by atoms with Crippen LogP contribution in [0.3, 0.4) is 0 Å². The molecule has 0 aromatic carbocycles. The second-order valence-electron chi connectivity index (χ2n) is 3.28. The highest BCUT2D eigenvalue weighted by molar-refractivity contribution is 5.87. The van der Waals surface area contributed by atoms with Crippen LogP contribution in [0.1, 0.15) is 13.3 Å². The number of hydrogen-bond donors (Lipinski definition) is 3. The van der Waals surface area contributed by atoms with Gasteiger partial charge in [-0.3, -0.25) is 4.79 Å². The van der Waals surface area contributed by atoms with E-state index in [0.29, 0.717) is 6.61 Å². The van der Waals surface area contributed by atoms with Crippen LogP contribution in [0.4, 0.5) is 0 Å². The van der Waals surface area contributed by atoms with Gasteiger partial charge in [-0.15, -0.1) is 0 Å². The minimum absolute atomic E-state index is 0.00933. The minimum Gasteiger partial charge on any atom is -0.409 e. The summed E-state index contributed by atoms with van der Waals surface area (Å²) < 4.78 is 5.25. The lowest BCUT2D eigenvalue weighted by Crippen LogP contribution is -2.39. The van der Waals surface area contributed by atoms with E-state index in [-0.39, 0.29) is 30.3 Å². The first kappa shape index (κ1) is 10.8. The molecule has 0 aromatic rings. The Kier molecular flexibility index (Phi) is 3.70. The van der Waals surface area contributed by atoms with Gasteiger partial charge in [0.25, 0.3) is 0 Å². The summed E-state index contributed by atoms with van der Waals surface area (Å²) in [5.41, 5.74) is 5.21. The van der Waals surface area contributed by atoms with Gasteiger partial charge in [0, 0.05) is 6.61 Å². The van der Waals surface area contributed by atoms with E-state index in [1.165, 1.54) is 0 Å². The summed E-state index contributed by atoms with van der Waals surface area (Å²) in [7, 11) is 0. The molecular weight excluding hydrogens is 186 g/mol. The fourth-order valence-corrected chi connectivity index (χ4v) is 1.42. The normalized spacial score (nSPS) is 27.6. The van der Waals surface area contributed by atoms with Crippen LogP contribution >= 0.6 is 0 Å². The van der Waals surface area contributed by atoms with Crippen molar-refractivity contribution in [2.45, 2.75) is 19.4 Å². The van der Waals surface area contributed by atoms with Gasteiger partial charge in [0.2, 0.25) is 5.91 Å². The number of nitrogens with two attached hydrogens (primary N) is 1. The Morgan fingerprint density at radius 1 is 1.79 bits per heavy atom. The molecule has 1 heterocycles. The summed E-state index contributed by atoms with van der Waals surface area (Å²) >= 11 is 0. The van der Waals surface area contributed by atoms with Crippen LogP contribution in [-0.2, 0) is 9.53 Å². The standard InChI is InChI=1S/C8H15N3O3/c1-5-6(2-3-14-5)8(12)10-4-7(9)11-13/h5-6,13H,2-4H2,1H3,(H2,9,11)(H,10,12). The lowest BCUT2D eigenvalue weighted by Gasteiger charge is -2.13. The van der Waals surface area contributed by atoms with Gasteiger partial charge < -0.3 is 21.0 Å². The van der Waals surface area contributed by atoms with Gasteiger partial charge >= 0.3 is 0 Å². The van der Waals surface area contributed by atoms with E-state index in [2.05, 4.69) is 10.5 Å². The van der Waals surface area contributed by atoms with E-state index in [1.54, 1.807) is 0 Å². The van der Waals surface area contributed by atoms with E-state index in [9.17, 15) is 4.79 Å². The molecule has 0 spiro atoms. The maximum atomic E-state index is 11.5. The number of carbonyl (C=O) groups excluding carboxylic acids is 1. The summed E-state index contributed by atoms with van der Waals surface area (Å²) in [5, 5.41) is 13.6. The Morgan fingerprint density at radius 3 is 3.00 bits per heavy atom. The van der Waals surface area contributed by atoms with Gasteiger partial charge in [-0.25, -0.2) is 0 Å². The largest absolute Gasteiger partial charge is 0.409 e. The zero-order chi connectivity index (χ0) is 10.6. The van der Waals surface area contributed by atoms with Crippen molar-refractivity contribution in [3.05, 3.63) is 0 Å². The van der Waals surface area contributed by atoms with Crippen molar-refractivity contribution in [3.63, 3.8) is 0 Å². The Morgan fingerprint density at radius 2 is 2.50 bits per heavy atom. The van der Waals surface area contributed by atoms with E-state index in [0.717, 1.165) is 6.42 Å². The van der Waals surface area contributed by atoms with Gasteiger partial charge in [0.05, 0.1) is 18.6 Å². The molecule has 2 unspecified atom stereocenters. The van der Waals surface area contributed by atoms with Crippen molar-refractivity contribution < 1.29 is 14.7 Å². The Labute approximate surface area is 82.1 Å². The third-order valence-corrected chi connectivity index (χ3v) is 2.29. The fraction of sp³-hybridized carbons (Fsp3) is 0.750. The van der Waals surface area contributed by atoms with Crippen LogP contribution in [0.25, 0.3) is 0 Å². The van der Waals surface area contributed by atoms with Gasteiger partial charge in [0.15, 0.2) is 5.84 Å². The predicted octanol–water partition coefficient (Wildman–Crippen LogP) is -0.726. The van der Waals surface area contributed by atoms with Gasteiger partial charge in [-0.1, -0.05) is 5.16 Å². The summed E-state index contributed by atoms with van der Waals surface area (Å²) in [6.07, 6.45) is 0.672. The number of amidine groups is 1. The molecule has 1 saturated heterocycles. The van der Waals surface area contributed by atoms with Crippen molar-refractivity contribution in [2.75, 3.05) is 13.2 Å². The van der Waals surface area contributed by atoms with Crippen molar-refractivity contribution in [1.29, 1.82) is 0 Å². The van der Waals surface area contributed by atoms with Gasteiger partial charge in [0.1, 0.15) is 0 Å². The molecule has 0 radical (unpaired) electrons. The second kappa shape index (κ2) is 4.80. The number of oxime groups is 1. The highest BCUT2D eigenvalue weighted by atomic mass is 16.5. The van der Waals surface area contributed by atoms with Crippen LogP contribution in [0.5, 0.6) is 0 Å². The lowest BCUT2D eigenvalue weighted by atomic mass is 10.0. The molecule has 14 heavy (non-hydrogen) atoms. The van der Waals surface area contributed by atoms with Crippen molar-refractivity contribution >= 4 is 11.7 Å². The topological polar surface area (TPSA) is 96.9 Å². The molecule has 80 valence electrons. The monoisotopic (exact) mass is 201 g/mol. The Hall–Kier alpha value is -1.30. The molecule has 1 fully saturated rings. The van der Waals surface area contributed by atoms with E-state index in [1.807, 2.05) is 6.92 Å². The molecule has 1 aliphatic rings. The van der Waals surface area contributed by atoms with Gasteiger partial charge in [-0.05, 0) is 13.3 Å². The molecule has 0 aliphatic carbocycles. The smallest absolute Gasteiger partial charge is 0.226 e. The van der Waals surface area contributed by atoms with Gasteiger partial charge in [-0.2, -0.15) is 0 Å². The Bertz CT molecular complexity index is 242. The maximum Gasteiger partial charge on any atom is 0.226 e. The summed E-state index contributed by atoms with van der Waals surface area (Å²) in [6, 6.07) is 0. The minimum atomic E-state index is -0.124. The fourth-order valence-electron chi connectivity index (χ4n) is 1.42. The molecule has 1 rings (SSSR count). The average molecular weight is 201 g/mol. The van der Waals surface area contributed by atoms with Crippen molar-refractivity contribution in [1.82, 2.24) is 5.32 Å². The van der Waals surface area contributed by atoms with Crippen LogP contribution < -0.4 is 11.1 Å². The van der Waals surface area contributed by atoms with Crippen molar-refractivity contribution in [2.24, 2.45) is 16.8 Å². The highest BCUT2D eigenvalue weighted by Gasteiger charge is 2.30. The average Bonchev–Trinajstić information content (AvgIpc) is 2.60. The zero-order valence-corrected chi connectivity index (χ0v) is 8.06. The van der Waals surface area contributed by atoms with Crippen LogP contribution in [-0.4, -0.2) is 36.2 Å². The van der Waals surface area contributed by atoms with E-state index >= 15 is 0 Å². The number of carbonyl (C=O) groups is 1. The molecule has 1 aliphatic heterocycles. The summed E-state index contributed by atoms with van der Waals surface area (Å²) in [6.45, 7) is 2.54. The first-order valence-corrected chi connectivity index (χ1v) is 4.51. The molecule has 2 atom stereocenters. The molecule has 4 N–H and O–H groups in total. The number of rotatable bonds is 3. The summed E-state index contributed by atoms with van der Waals surface area (Å²) in [5.74, 6) is -0.243. The molecule has 6 heteroatoms. The third-order valence-electron chi connectivity index (χ3n) is 2.29. The predicted molar refractivity (Wildman–Crippen MR) is 49.9 cm³/mol. The van der Waals surface area contributed by atoms with Crippen LogP contribution in [0.15, 0.2) is 5.16 Å². The number of nitrogens with one attached hydrogen (secondary N) is 1. The van der Waals surface area contributed by atoms with E-state index < -0.39 is 0 Å². The molecule has 1 amide bonds. The lowest BCUT2D eigenvalue weighted by molar-refractivity contribution is -0.126. The van der Waals surface area contributed by atoms with E-state index in [4.69, 9.17) is 15.7 Å². The molecular formula is C8H15N3O3. The SMILES string of the molecule is CC1OCCC1C(=O)NC/C(N)=N/O. The third kappa shape index (κ3) is 2.59. The zero-order valence-electron chi connectivity index (χ0n) is 8.06. The number of ether oxygens (including phenoxy) is 1. The number of nitrogens with zero attached hydrogens (tertiary/aromatic N) is 1. The quantitative estimate of drug-likeness (QED) is 0.243. The van der Waals surface area contributed by atoms with Crippen LogP contribution in [0, 0.1) is 5.92 Å². The number of amides is 1. The van der Waals surface area contributed by atoms with Crippen LogP contribution in [0.2, 0.25) is 0 Å². The molecule has 6 nitrogen and oxygen atoms in total. The second-order valence-corrected chi connectivity index (χ2v) is 3.28. The molecule has 0 aromatic heterocycles. The first-order chi connectivity index (χ1) is 6.65. The number of hydrogen-bond acceptors (Lipinski definition) is 4. The highest BCUT2D eigenvalue weighted by Crippen LogP contribution is 2.19. The maximum absolute atomic E-state index is 11.5. The summed E-state index contributed by atoms with van der Waals surface area (Å²) in [4.78, 5) is 11.5. The van der Waals surface area contributed by atoms with Crippen molar-refractivity contribution in [3.8, 4) is 0 Å².